The van der Waals surface area contributed by atoms with Crippen LogP contribution >= 0.6 is 11.8 Å². The summed E-state index contributed by atoms with van der Waals surface area (Å²) in [6.45, 7) is 1.81. The molecule has 1 fully saturated rings. The summed E-state index contributed by atoms with van der Waals surface area (Å²) in [5.41, 5.74) is -0.522. The van der Waals surface area contributed by atoms with Gasteiger partial charge in [0.2, 0.25) is 11.8 Å². The van der Waals surface area contributed by atoms with E-state index in [4.69, 9.17) is 0 Å². The predicted octanol–water partition coefficient (Wildman–Crippen LogP) is 4.66. The van der Waals surface area contributed by atoms with Crippen LogP contribution in [-0.2, 0) is 15.8 Å². The SMILES string of the molecule is O=C(CN1CCCN(C(=O)CSc2ccnc3ccc(F)cc23)CC1)Nc1ccccc1C(F)(F)F. The zero-order valence-electron chi connectivity index (χ0n) is 19.2. The van der Waals surface area contributed by atoms with Gasteiger partial charge in [0.05, 0.1) is 29.1 Å². The molecular weight excluding hydrogens is 496 g/mol. The Hall–Kier alpha value is -3.18. The third-order valence-electron chi connectivity index (χ3n) is 5.83. The fourth-order valence-electron chi connectivity index (χ4n) is 4.06. The number of benzene rings is 2. The number of rotatable bonds is 6. The molecule has 11 heteroatoms. The van der Waals surface area contributed by atoms with E-state index in [0.29, 0.717) is 43.5 Å². The summed E-state index contributed by atoms with van der Waals surface area (Å²) in [5, 5.41) is 3.01. The molecule has 2 amide bonds. The quantitative estimate of drug-likeness (QED) is 0.379. The van der Waals surface area contributed by atoms with Crippen LogP contribution in [0.5, 0.6) is 0 Å². The highest BCUT2D eigenvalue weighted by Gasteiger charge is 2.33. The Morgan fingerprint density at radius 2 is 1.83 bits per heavy atom. The summed E-state index contributed by atoms with van der Waals surface area (Å²) in [4.78, 5) is 33.8. The number of hydrogen-bond acceptors (Lipinski definition) is 5. The van der Waals surface area contributed by atoms with E-state index in [0.717, 1.165) is 11.0 Å². The molecule has 2 heterocycles. The summed E-state index contributed by atoms with van der Waals surface area (Å²) in [6, 6.07) is 10.9. The molecule has 0 atom stereocenters. The van der Waals surface area contributed by atoms with E-state index in [1.807, 2.05) is 4.90 Å². The summed E-state index contributed by atoms with van der Waals surface area (Å²) in [6.07, 6.45) is -2.32. The molecule has 1 aliphatic heterocycles. The number of carbonyl (C=O) groups excluding carboxylic acids is 2. The van der Waals surface area contributed by atoms with E-state index in [2.05, 4.69) is 10.3 Å². The van der Waals surface area contributed by atoms with E-state index >= 15 is 0 Å². The lowest BCUT2D eigenvalue weighted by Crippen LogP contribution is -2.38. The lowest BCUT2D eigenvalue weighted by molar-refractivity contribution is -0.137. The Kier molecular flexibility index (Phi) is 8.10. The molecule has 0 radical (unpaired) electrons. The Bertz CT molecular complexity index is 1250. The van der Waals surface area contributed by atoms with E-state index in [9.17, 15) is 27.2 Å². The summed E-state index contributed by atoms with van der Waals surface area (Å²) < 4.78 is 53.2. The highest BCUT2D eigenvalue weighted by atomic mass is 32.2. The van der Waals surface area contributed by atoms with Gasteiger partial charge in [0.15, 0.2) is 0 Å². The van der Waals surface area contributed by atoms with Crippen LogP contribution in [0.1, 0.15) is 12.0 Å². The monoisotopic (exact) mass is 520 g/mol. The normalized spacial score (nSPS) is 15.1. The minimum Gasteiger partial charge on any atom is -0.341 e. The van der Waals surface area contributed by atoms with Crippen molar-refractivity contribution in [1.29, 1.82) is 0 Å². The number of halogens is 4. The number of carbonyl (C=O) groups is 2. The number of nitrogens with one attached hydrogen (secondary N) is 1. The van der Waals surface area contributed by atoms with Gasteiger partial charge < -0.3 is 10.2 Å². The van der Waals surface area contributed by atoms with E-state index in [1.54, 1.807) is 23.2 Å². The summed E-state index contributed by atoms with van der Waals surface area (Å²) in [5.74, 6) is -0.822. The van der Waals surface area contributed by atoms with Gasteiger partial charge in [-0.15, -0.1) is 11.8 Å². The molecule has 0 saturated carbocycles. The number of aromatic nitrogens is 1. The maximum atomic E-state index is 13.7. The molecule has 1 N–H and O–H groups in total. The van der Waals surface area contributed by atoms with Crippen molar-refractivity contribution < 1.29 is 27.2 Å². The minimum atomic E-state index is -4.57. The maximum absolute atomic E-state index is 13.7. The van der Waals surface area contributed by atoms with Crippen LogP contribution in [0.2, 0.25) is 0 Å². The molecule has 6 nitrogen and oxygen atoms in total. The zero-order valence-corrected chi connectivity index (χ0v) is 20.0. The standard InChI is InChI=1S/C25H24F4N4O2S/c26-17-6-7-20-18(14-17)22(8-9-30-20)36-16-24(35)33-11-3-10-32(12-13-33)15-23(34)31-21-5-2-1-4-19(21)25(27,28)29/h1-2,4-9,14H,3,10-13,15-16H2,(H,31,34). The molecule has 1 aliphatic rings. The van der Waals surface area contributed by atoms with Crippen molar-refractivity contribution in [2.75, 3.05) is 43.8 Å². The fourth-order valence-corrected chi connectivity index (χ4v) is 5.00. The minimum absolute atomic E-state index is 0.0719. The van der Waals surface area contributed by atoms with Crippen molar-refractivity contribution in [3.05, 3.63) is 66.1 Å². The second kappa shape index (κ2) is 11.3. The van der Waals surface area contributed by atoms with Gasteiger partial charge in [-0.25, -0.2) is 4.39 Å². The highest BCUT2D eigenvalue weighted by molar-refractivity contribution is 8.00. The van der Waals surface area contributed by atoms with Gasteiger partial charge >= 0.3 is 6.18 Å². The predicted molar refractivity (Wildman–Crippen MR) is 130 cm³/mol. The molecular formula is C25H24F4N4O2S. The molecule has 1 aromatic heterocycles. The average Bonchev–Trinajstić information content (AvgIpc) is 3.07. The molecule has 0 bridgehead atoms. The van der Waals surface area contributed by atoms with Crippen molar-refractivity contribution in [2.24, 2.45) is 0 Å². The van der Waals surface area contributed by atoms with Gasteiger partial charge in [-0.2, -0.15) is 13.2 Å². The van der Waals surface area contributed by atoms with E-state index in [1.165, 1.54) is 42.1 Å². The largest absolute Gasteiger partial charge is 0.418 e. The topological polar surface area (TPSA) is 65.5 Å². The maximum Gasteiger partial charge on any atom is 0.418 e. The highest BCUT2D eigenvalue weighted by Crippen LogP contribution is 2.34. The third-order valence-corrected chi connectivity index (χ3v) is 6.89. The second-order valence-corrected chi connectivity index (χ2v) is 9.38. The first-order valence-corrected chi connectivity index (χ1v) is 12.3. The van der Waals surface area contributed by atoms with Crippen molar-refractivity contribution in [3.8, 4) is 0 Å². The number of nitrogens with zero attached hydrogens (tertiary/aromatic N) is 3. The van der Waals surface area contributed by atoms with Crippen molar-refractivity contribution in [2.45, 2.75) is 17.5 Å². The van der Waals surface area contributed by atoms with Crippen LogP contribution in [0.4, 0.5) is 23.2 Å². The van der Waals surface area contributed by atoms with Crippen LogP contribution in [0.15, 0.2) is 59.6 Å². The zero-order chi connectivity index (χ0) is 25.7. The van der Waals surface area contributed by atoms with Crippen molar-refractivity contribution in [1.82, 2.24) is 14.8 Å². The van der Waals surface area contributed by atoms with Crippen LogP contribution in [0.25, 0.3) is 10.9 Å². The number of fused-ring (bicyclic) bond motifs is 1. The van der Waals surface area contributed by atoms with Crippen LogP contribution in [0.3, 0.4) is 0 Å². The number of pyridine rings is 1. The molecule has 2 aromatic carbocycles. The number of amides is 2. The molecule has 190 valence electrons. The molecule has 0 aliphatic carbocycles. The smallest absolute Gasteiger partial charge is 0.341 e. The lowest BCUT2D eigenvalue weighted by Gasteiger charge is -2.22. The van der Waals surface area contributed by atoms with Gasteiger partial charge in [-0.05, 0) is 42.8 Å². The van der Waals surface area contributed by atoms with Crippen molar-refractivity contribution in [3.63, 3.8) is 0 Å². The fraction of sp³-hybridized carbons (Fsp3) is 0.320. The molecule has 36 heavy (non-hydrogen) atoms. The Labute approximate surface area is 209 Å². The van der Waals surface area contributed by atoms with E-state index in [-0.39, 0.29) is 29.7 Å². The van der Waals surface area contributed by atoms with Gasteiger partial charge in [-0.1, -0.05) is 12.1 Å². The van der Waals surface area contributed by atoms with Gasteiger partial charge in [-0.3, -0.25) is 19.5 Å². The summed E-state index contributed by atoms with van der Waals surface area (Å²) >= 11 is 1.32. The molecule has 1 saturated heterocycles. The van der Waals surface area contributed by atoms with Crippen LogP contribution in [0, 0.1) is 5.82 Å². The first-order chi connectivity index (χ1) is 17.2. The second-order valence-electron chi connectivity index (χ2n) is 8.36. The number of para-hydroxylation sites is 1. The molecule has 0 spiro atoms. The van der Waals surface area contributed by atoms with Crippen molar-refractivity contribution >= 4 is 40.2 Å². The lowest BCUT2D eigenvalue weighted by atomic mass is 10.1. The van der Waals surface area contributed by atoms with E-state index < -0.39 is 17.6 Å². The third kappa shape index (κ3) is 6.52. The average molecular weight is 521 g/mol. The number of thioether (sulfide) groups is 1. The molecule has 4 rings (SSSR count). The van der Waals surface area contributed by atoms with Crippen LogP contribution in [-0.4, -0.2) is 65.1 Å². The Morgan fingerprint density at radius 1 is 1.03 bits per heavy atom. The molecule has 0 unspecified atom stereocenters. The van der Waals surface area contributed by atoms with Gasteiger partial charge in [0.25, 0.3) is 0 Å². The summed E-state index contributed by atoms with van der Waals surface area (Å²) in [7, 11) is 0. The number of alkyl halides is 3. The van der Waals surface area contributed by atoms with Crippen LogP contribution < -0.4 is 5.32 Å². The molecule has 3 aromatic rings. The number of anilines is 1. The first kappa shape index (κ1) is 25.9. The first-order valence-electron chi connectivity index (χ1n) is 11.3. The Balaban J connectivity index is 1.30. The Morgan fingerprint density at radius 3 is 2.64 bits per heavy atom. The number of hydrogen-bond donors (Lipinski definition) is 1. The van der Waals surface area contributed by atoms with Gasteiger partial charge in [0, 0.05) is 42.7 Å². The van der Waals surface area contributed by atoms with Gasteiger partial charge in [0.1, 0.15) is 5.82 Å².